The fourth-order valence-electron chi connectivity index (χ4n) is 1.99. The van der Waals surface area contributed by atoms with E-state index >= 15 is 0 Å². The van der Waals surface area contributed by atoms with Gasteiger partial charge in [0.25, 0.3) is 0 Å². The second-order valence-corrected chi connectivity index (χ2v) is 5.39. The van der Waals surface area contributed by atoms with Crippen LogP contribution >= 0.6 is 0 Å². The molecule has 0 aromatic carbocycles. The molecular weight excluding hydrogens is 212 g/mol. The molecule has 0 radical (unpaired) electrons. The lowest BCUT2D eigenvalue weighted by Crippen LogP contribution is -2.42. The maximum atomic E-state index is 4.69. The standard InChI is InChI=1S/C13H28N4/c1-6-14-13(16-10(2)3)15-9-12(17(4)5)11-7-8-11/h10-12H,6-9H2,1-5H3,(H2,14,15,16). The average Bonchev–Trinajstić information content (AvgIpc) is 3.00. The van der Waals surface area contributed by atoms with Crippen molar-refractivity contribution in [3.8, 4) is 0 Å². The Morgan fingerprint density at radius 2 is 2.00 bits per heavy atom. The molecule has 0 bridgehead atoms. The SMILES string of the molecule is CCNC(=NCC(C1CC1)N(C)C)NC(C)C. The summed E-state index contributed by atoms with van der Waals surface area (Å²) in [6.07, 6.45) is 2.74. The fourth-order valence-corrected chi connectivity index (χ4v) is 1.99. The molecule has 1 fully saturated rings. The summed E-state index contributed by atoms with van der Waals surface area (Å²) < 4.78 is 0. The first kappa shape index (κ1) is 14.3. The van der Waals surface area contributed by atoms with Crippen LogP contribution in [-0.4, -0.2) is 50.1 Å². The summed E-state index contributed by atoms with van der Waals surface area (Å²) in [6, 6.07) is 1.02. The Morgan fingerprint density at radius 3 is 2.41 bits per heavy atom. The zero-order valence-corrected chi connectivity index (χ0v) is 12.0. The molecule has 1 aliphatic rings. The molecule has 2 N–H and O–H groups in total. The van der Waals surface area contributed by atoms with Gasteiger partial charge in [0.15, 0.2) is 5.96 Å². The molecule has 0 aromatic rings. The molecule has 1 unspecified atom stereocenters. The highest BCUT2D eigenvalue weighted by molar-refractivity contribution is 5.80. The first-order valence-electron chi connectivity index (χ1n) is 6.75. The minimum absolute atomic E-state index is 0.423. The summed E-state index contributed by atoms with van der Waals surface area (Å²) in [5, 5.41) is 6.64. The van der Waals surface area contributed by atoms with E-state index in [0.29, 0.717) is 12.1 Å². The Labute approximate surface area is 106 Å². The predicted octanol–water partition coefficient (Wildman–Crippen LogP) is 1.29. The molecular formula is C13H28N4. The smallest absolute Gasteiger partial charge is 0.191 e. The minimum Gasteiger partial charge on any atom is -0.357 e. The summed E-state index contributed by atoms with van der Waals surface area (Å²) in [5.41, 5.74) is 0. The van der Waals surface area contributed by atoms with E-state index in [-0.39, 0.29) is 0 Å². The number of rotatable bonds is 6. The summed E-state index contributed by atoms with van der Waals surface area (Å²) in [5.74, 6) is 1.80. The average molecular weight is 240 g/mol. The van der Waals surface area contributed by atoms with Gasteiger partial charge in [0.1, 0.15) is 0 Å². The molecule has 0 heterocycles. The van der Waals surface area contributed by atoms with Gasteiger partial charge in [0.2, 0.25) is 0 Å². The molecule has 0 aliphatic heterocycles. The van der Waals surface area contributed by atoms with Crippen molar-refractivity contribution in [2.75, 3.05) is 27.2 Å². The fraction of sp³-hybridized carbons (Fsp3) is 0.923. The van der Waals surface area contributed by atoms with Crippen LogP contribution in [0.1, 0.15) is 33.6 Å². The van der Waals surface area contributed by atoms with Crippen LogP contribution in [0.4, 0.5) is 0 Å². The monoisotopic (exact) mass is 240 g/mol. The van der Waals surface area contributed by atoms with E-state index in [1.165, 1.54) is 12.8 Å². The Bertz CT molecular complexity index is 242. The first-order chi connectivity index (χ1) is 8.04. The topological polar surface area (TPSA) is 39.7 Å². The van der Waals surface area contributed by atoms with Crippen LogP contribution in [0.25, 0.3) is 0 Å². The van der Waals surface area contributed by atoms with Crippen molar-refractivity contribution in [3.63, 3.8) is 0 Å². The number of hydrogen-bond acceptors (Lipinski definition) is 2. The van der Waals surface area contributed by atoms with Crippen LogP contribution < -0.4 is 10.6 Å². The summed E-state index contributed by atoms with van der Waals surface area (Å²) >= 11 is 0. The molecule has 0 aromatic heterocycles. The lowest BCUT2D eigenvalue weighted by Gasteiger charge is -2.23. The van der Waals surface area contributed by atoms with Crippen molar-refractivity contribution >= 4 is 5.96 Å². The molecule has 1 aliphatic carbocycles. The predicted molar refractivity (Wildman–Crippen MR) is 74.4 cm³/mol. The van der Waals surface area contributed by atoms with Crippen molar-refractivity contribution in [2.45, 2.75) is 45.7 Å². The van der Waals surface area contributed by atoms with Gasteiger partial charge < -0.3 is 15.5 Å². The van der Waals surface area contributed by atoms with Gasteiger partial charge in [-0.2, -0.15) is 0 Å². The summed E-state index contributed by atoms with van der Waals surface area (Å²) in [4.78, 5) is 6.99. The molecule has 100 valence electrons. The lowest BCUT2D eigenvalue weighted by molar-refractivity contribution is 0.271. The van der Waals surface area contributed by atoms with Crippen molar-refractivity contribution in [3.05, 3.63) is 0 Å². The van der Waals surface area contributed by atoms with Crippen molar-refractivity contribution in [1.29, 1.82) is 0 Å². The number of nitrogens with one attached hydrogen (secondary N) is 2. The number of guanidine groups is 1. The Balaban J connectivity index is 2.50. The highest BCUT2D eigenvalue weighted by atomic mass is 15.2. The van der Waals surface area contributed by atoms with Gasteiger partial charge in [0.05, 0.1) is 6.54 Å². The molecule has 4 heteroatoms. The van der Waals surface area contributed by atoms with Crippen LogP contribution in [-0.2, 0) is 0 Å². The van der Waals surface area contributed by atoms with E-state index in [4.69, 9.17) is 0 Å². The lowest BCUT2D eigenvalue weighted by atomic mass is 10.2. The zero-order chi connectivity index (χ0) is 12.8. The molecule has 0 saturated heterocycles. The third-order valence-electron chi connectivity index (χ3n) is 3.04. The highest BCUT2D eigenvalue weighted by Crippen LogP contribution is 2.34. The minimum atomic E-state index is 0.423. The molecule has 4 nitrogen and oxygen atoms in total. The Kier molecular flexibility index (Phi) is 5.75. The van der Waals surface area contributed by atoms with Crippen LogP contribution in [0, 0.1) is 5.92 Å². The van der Waals surface area contributed by atoms with Crippen molar-refractivity contribution in [1.82, 2.24) is 15.5 Å². The van der Waals surface area contributed by atoms with Gasteiger partial charge in [-0.1, -0.05) is 0 Å². The Hall–Kier alpha value is -0.770. The van der Waals surface area contributed by atoms with Gasteiger partial charge in [-0.25, -0.2) is 0 Å². The van der Waals surface area contributed by atoms with Crippen molar-refractivity contribution in [2.24, 2.45) is 10.9 Å². The van der Waals surface area contributed by atoms with Crippen molar-refractivity contribution < 1.29 is 0 Å². The second kappa shape index (κ2) is 6.84. The maximum absolute atomic E-state index is 4.69. The number of nitrogens with zero attached hydrogens (tertiary/aromatic N) is 2. The summed E-state index contributed by atoms with van der Waals surface area (Å²) in [6.45, 7) is 8.17. The van der Waals surface area contributed by atoms with Gasteiger partial charge in [-0.3, -0.25) is 4.99 Å². The normalized spacial score (nSPS) is 18.6. The molecule has 1 rings (SSSR count). The van der Waals surface area contributed by atoms with Crippen LogP contribution in [0.2, 0.25) is 0 Å². The third-order valence-corrected chi connectivity index (χ3v) is 3.04. The zero-order valence-electron chi connectivity index (χ0n) is 12.0. The van der Waals surface area contributed by atoms with Gasteiger partial charge in [-0.15, -0.1) is 0 Å². The number of aliphatic imine (C=N–C) groups is 1. The first-order valence-corrected chi connectivity index (χ1v) is 6.75. The van der Waals surface area contributed by atoms with E-state index in [1.807, 2.05) is 0 Å². The largest absolute Gasteiger partial charge is 0.357 e. The molecule has 0 spiro atoms. The van der Waals surface area contributed by atoms with E-state index < -0.39 is 0 Å². The molecule has 1 atom stereocenters. The van der Waals surface area contributed by atoms with E-state index in [1.54, 1.807) is 0 Å². The molecule has 1 saturated carbocycles. The highest BCUT2D eigenvalue weighted by Gasteiger charge is 2.32. The van der Waals surface area contributed by atoms with Crippen LogP contribution in [0.15, 0.2) is 4.99 Å². The molecule has 0 amide bonds. The third kappa shape index (κ3) is 5.39. The second-order valence-electron chi connectivity index (χ2n) is 5.39. The molecule has 17 heavy (non-hydrogen) atoms. The van der Waals surface area contributed by atoms with Crippen LogP contribution in [0.3, 0.4) is 0 Å². The number of likely N-dealkylation sites (N-methyl/N-ethyl adjacent to an activating group) is 1. The van der Waals surface area contributed by atoms with Gasteiger partial charge in [0, 0.05) is 18.6 Å². The summed E-state index contributed by atoms with van der Waals surface area (Å²) in [7, 11) is 4.31. The van der Waals surface area contributed by atoms with Crippen LogP contribution in [0.5, 0.6) is 0 Å². The van der Waals surface area contributed by atoms with Gasteiger partial charge in [-0.05, 0) is 53.6 Å². The van der Waals surface area contributed by atoms with E-state index in [9.17, 15) is 0 Å². The van der Waals surface area contributed by atoms with E-state index in [0.717, 1.165) is 25.0 Å². The number of hydrogen-bond donors (Lipinski definition) is 2. The maximum Gasteiger partial charge on any atom is 0.191 e. The van der Waals surface area contributed by atoms with E-state index in [2.05, 4.69) is 55.4 Å². The Morgan fingerprint density at radius 1 is 1.35 bits per heavy atom. The quantitative estimate of drug-likeness (QED) is 0.543. The van der Waals surface area contributed by atoms with Gasteiger partial charge >= 0.3 is 0 Å².